The van der Waals surface area contributed by atoms with Crippen molar-refractivity contribution in [2.24, 2.45) is 5.92 Å². The van der Waals surface area contributed by atoms with Gasteiger partial charge in [-0.25, -0.2) is 9.48 Å². The highest BCUT2D eigenvalue weighted by atomic mass is 16.5. The minimum absolute atomic E-state index is 0.0288. The van der Waals surface area contributed by atoms with E-state index in [2.05, 4.69) is 5.10 Å². The molecule has 2 fully saturated rings. The minimum atomic E-state index is -0.945. The van der Waals surface area contributed by atoms with Crippen molar-refractivity contribution in [1.29, 1.82) is 0 Å². The van der Waals surface area contributed by atoms with Crippen LogP contribution in [0.1, 0.15) is 42.6 Å². The molecule has 3 atom stereocenters. The zero-order valence-corrected chi connectivity index (χ0v) is 15.2. The van der Waals surface area contributed by atoms with Crippen LogP contribution in [0, 0.1) is 5.92 Å². The molecule has 7 nitrogen and oxygen atoms in total. The molecule has 142 valence electrons. The highest BCUT2D eigenvalue weighted by molar-refractivity contribution is 5.98. The molecule has 1 amide bonds. The minimum Gasteiger partial charge on any atom is -0.493 e. The van der Waals surface area contributed by atoms with E-state index in [1.807, 2.05) is 30.3 Å². The van der Waals surface area contributed by atoms with Crippen molar-refractivity contribution in [2.45, 2.75) is 44.2 Å². The van der Waals surface area contributed by atoms with Crippen molar-refractivity contribution in [1.82, 2.24) is 14.7 Å². The first-order chi connectivity index (χ1) is 13.1. The van der Waals surface area contributed by atoms with Gasteiger partial charge >= 0.3 is 5.97 Å². The van der Waals surface area contributed by atoms with E-state index >= 15 is 0 Å². The van der Waals surface area contributed by atoms with Gasteiger partial charge in [-0.3, -0.25) is 4.79 Å². The third kappa shape index (κ3) is 3.07. The Labute approximate surface area is 157 Å². The molecule has 0 bridgehead atoms. The summed E-state index contributed by atoms with van der Waals surface area (Å²) in [5, 5.41) is 14.1. The molecule has 0 spiro atoms. The lowest BCUT2D eigenvalue weighted by Crippen LogP contribution is -2.46. The maximum Gasteiger partial charge on any atom is 0.326 e. The summed E-state index contributed by atoms with van der Waals surface area (Å²) in [4.78, 5) is 26.7. The third-order valence-electron chi connectivity index (χ3n) is 5.73. The van der Waals surface area contributed by atoms with Crippen LogP contribution in [0.5, 0.6) is 5.75 Å². The first-order valence-corrected chi connectivity index (χ1v) is 9.34. The largest absolute Gasteiger partial charge is 0.493 e. The first kappa shape index (κ1) is 17.6. The van der Waals surface area contributed by atoms with Gasteiger partial charge < -0.3 is 14.7 Å². The molecule has 3 unspecified atom stereocenters. The zero-order chi connectivity index (χ0) is 19.0. The second kappa shape index (κ2) is 7.06. The van der Waals surface area contributed by atoms with Gasteiger partial charge in [-0.1, -0.05) is 31.0 Å². The van der Waals surface area contributed by atoms with E-state index in [-0.39, 0.29) is 23.6 Å². The molecule has 1 saturated carbocycles. The second-order valence-electron chi connectivity index (χ2n) is 7.24. The fraction of sp³-hybridized carbons (Fsp3) is 0.450. The van der Waals surface area contributed by atoms with Gasteiger partial charge in [-0.05, 0) is 37.3 Å². The average Bonchev–Trinajstić information content (AvgIpc) is 3.30. The van der Waals surface area contributed by atoms with Gasteiger partial charge in [-0.2, -0.15) is 5.10 Å². The van der Waals surface area contributed by atoms with Crippen molar-refractivity contribution >= 4 is 11.9 Å². The molecule has 1 aromatic heterocycles. The van der Waals surface area contributed by atoms with Crippen LogP contribution in [-0.4, -0.2) is 50.9 Å². The van der Waals surface area contributed by atoms with Crippen LogP contribution < -0.4 is 4.74 Å². The SMILES string of the molecule is COc1cn(-c2ccccc2)nc1C(=O)N1C(C(=O)O)CC2CCCCC21. The van der Waals surface area contributed by atoms with Crippen molar-refractivity contribution in [3.63, 3.8) is 0 Å². The Balaban J connectivity index is 1.70. The highest BCUT2D eigenvalue weighted by Crippen LogP contribution is 2.41. The lowest BCUT2D eigenvalue weighted by molar-refractivity contribution is -0.141. The smallest absolute Gasteiger partial charge is 0.326 e. The number of carboxylic acids is 1. The number of carboxylic acid groups (broad SMARTS) is 1. The number of amides is 1. The van der Waals surface area contributed by atoms with Gasteiger partial charge in [-0.15, -0.1) is 0 Å². The van der Waals surface area contributed by atoms with Crippen LogP contribution in [0.25, 0.3) is 5.69 Å². The molecule has 7 heteroatoms. The standard InChI is InChI=1S/C20H23N3O4/c1-27-17-12-22(14-8-3-2-4-9-14)21-18(17)19(24)23-15-10-6-5-7-13(15)11-16(23)20(25)26/h2-4,8-9,12-13,15-16H,5-7,10-11H2,1H3,(H,25,26). The number of fused-ring (bicyclic) bond motifs is 1. The molecule has 1 aromatic carbocycles. The van der Waals surface area contributed by atoms with E-state index in [4.69, 9.17) is 4.74 Å². The number of hydrogen-bond donors (Lipinski definition) is 1. The summed E-state index contributed by atoms with van der Waals surface area (Å²) in [7, 11) is 1.49. The Hall–Kier alpha value is -2.83. The summed E-state index contributed by atoms with van der Waals surface area (Å²) in [6.45, 7) is 0. The normalized spacial score (nSPS) is 24.5. The van der Waals surface area contributed by atoms with E-state index in [9.17, 15) is 14.7 Å². The molecule has 1 aliphatic heterocycles. The van der Waals surface area contributed by atoms with E-state index in [1.54, 1.807) is 15.8 Å². The van der Waals surface area contributed by atoms with Crippen LogP contribution in [0.15, 0.2) is 36.5 Å². The number of ether oxygens (including phenoxy) is 1. The highest BCUT2D eigenvalue weighted by Gasteiger charge is 2.48. The Kier molecular flexibility index (Phi) is 4.59. The van der Waals surface area contributed by atoms with E-state index in [0.717, 1.165) is 31.4 Å². The van der Waals surface area contributed by atoms with Gasteiger partial charge in [0.25, 0.3) is 5.91 Å². The van der Waals surface area contributed by atoms with Crippen molar-refractivity contribution in [2.75, 3.05) is 7.11 Å². The van der Waals surface area contributed by atoms with Crippen molar-refractivity contribution < 1.29 is 19.4 Å². The Morgan fingerprint density at radius 3 is 2.63 bits per heavy atom. The molecule has 1 N–H and O–H groups in total. The zero-order valence-electron chi connectivity index (χ0n) is 15.2. The lowest BCUT2D eigenvalue weighted by atomic mass is 9.84. The fourth-order valence-electron chi connectivity index (χ4n) is 4.46. The topological polar surface area (TPSA) is 84.7 Å². The summed E-state index contributed by atoms with van der Waals surface area (Å²) in [6, 6.07) is 8.62. The number of rotatable bonds is 4. The van der Waals surface area contributed by atoms with Crippen LogP contribution in [0.3, 0.4) is 0 Å². The maximum atomic E-state index is 13.3. The summed E-state index contributed by atoms with van der Waals surface area (Å²) in [5.74, 6) is -0.694. The monoisotopic (exact) mass is 369 g/mol. The van der Waals surface area contributed by atoms with Gasteiger partial charge in [0.15, 0.2) is 11.4 Å². The molecule has 2 aromatic rings. The summed E-state index contributed by atoms with van der Waals surface area (Å²) >= 11 is 0. The van der Waals surface area contributed by atoms with Crippen LogP contribution in [0.2, 0.25) is 0 Å². The molecule has 2 aliphatic rings. The van der Waals surface area contributed by atoms with Gasteiger partial charge in [0, 0.05) is 6.04 Å². The number of likely N-dealkylation sites (tertiary alicyclic amines) is 1. The number of carbonyl (C=O) groups is 2. The quantitative estimate of drug-likeness (QED) is 0.896. The number of benzene rings is 1. The van der Waals surface area contributed by atoms with E-state index in [0.29, 0.717) is 12.2 Å². The molecule has 4 rings (SSSR count). The molecule has 0 radical (unpaired) electrons. The lowest BCUT2D eigenvalue weighted by Gasteiger charge is -2.32. The van der Waals surface area contributed by atoms with Gasteiger partial charge in [0.05, 0.1) is 19.0 Å². The number of nitrogens with zero attached hydrogens (tertiary/aromatic N) is 3. The molecule has 1 aliphatic carbocycles. The Morgan fingerprint density at radius 1 is 1.19 bits per heavy atom. The van der Waals surface area contributed by atoms with Crippen LogP contribution in [-0.2, 0) is 4.79 Å². The number of aromatic nitrogens is 2. The number of aliphatic carboxylic acids is 1. The fourth-order valence-corrected chi connectivity index (χ4v) is 4.46. The van der Waals surface area contributed by atoms with Crippen molar-refractivity contribution in [3.05, 3.63) is 42.2 Å². The van der Waals surface area contributed by atoms with E-state index in [1.165, 1.54) is 7.11 Å². The molecule has 27 heavy (non-hydrogen) atoms. The average molecular weight is 369 g/mol. The number of methoxy groups -OCH3 is 1. The van der Waals surface area contributed by atoms with Crippen molar-refractivity contribution in [3.8, 4) is 11.4 Å². The maximum absolute atomic E-state index is 13.3. The third-order valence-corrected chi connectivity index (χ3v) is 5.73. The van der Waals surface area contributed by atoms with Crippen LogP contribution >= 0.6 is 0 Å². The number of para-hydroxylation sites is 1. The summed E-state index contributed by atoms with van der Waals surface area (Å²) in [6.07, 6.45) is 6.13. The summed E-state index contributed by atoms with van der Waals surface area (Å²) in [5.41, 5.74) is 0.973. The summed E-state index contributed by atoms with van der Waals surface area (Å²) < 4.78 is 6.98. The Bertz CT molecular complexity index is 848. The second-order valence-corrected chi connectivity index (χ2v) is 7.24. The van der Waals surface area contributed by atoms with E-state index < -0.39 is 12.0 Å². The Morgan fingerprint density at radius 2 is 1.93 bits per heavy atom. The van der Waals surface area contributed by atoms with Crippen LogP contribution in [0.4, 0.5) is 0 Å². The predicted molar refractivity (Wildman–Crippen MR) is 98.1 cm³/mol. The predicted octanol–water partition coefficient (Wildman–Crippen LogP) is 2.74. The molecular weight excluding hydrogens is 346 g/mol. The number of carbonyl (C=O) groups excluding carboxylic acids is 1. The molecule has 2 heterocycles. The number of hydrogen-bond acceptors (Lipinski definition) is 4. The first-order valence-electron chi connectivity index (χ1n) is 9.34. The molecule has 1 saturated heterocycles. The molecular formula is C20H23N3O4. The van der Waals surface area contributed by atoms with Gasteiger partial charge in [0.1, 0.15) is 6.04 Å². The van der Waals surface area contributed by atoms with Gasteiger partial charge in [0.2, 0.25) is 0 Å².